The van der Waals surface area contributed by atoms with E-state index in [1.54, 1.807) is 6.07 Å². The molecule has 6 heteroatoms. The summed E-state index contributed by atoms with van der Waals surface area (Å²) in [5.41, 5.74) is 3.71. The van der Waals surface area contributed by atoms with Crippen molar-refractivity contribution in [3.8, 4) is 5.75 Å². The first-order valence-corrected chi connectivity index (χ1v) is 8.71. The van der Waals surface area contributed by atoms with Crippen LogP contribution in [0.4, 0.5) is 4.39 Å². The number of hydrogen-bond donors (Lipinski definition) is 1. The molecular weight excluding hydrogens is 335 g/mol. The number of hydrogen-bond acceptors (Lipinski definition) is 4. The average molecular weight is 356 g/mol. The van der Waals surface area contributed by atoms with Crippen LogP contribution in [0.5, 0.6) is 5.75 Å². The molecule has 1 unspecified atom stereocenters. The van der Waals surface area contributed by atoms with E-state index in [1.807, 2.05) is 24.3 Å². The van der Waals surface area contributed by atoms with E-state index in [1.165, 1.54) is 13.2 Å². The van der Waals surface area contributed by atoms with Crippen LogP contribution in [0.2, 0.25) is 0 Å². The number of carbonyl (C=O) groups is 1. The topological polar surface area (TPSA) is 50.8 Å². The van der Waals surface area contributed by atoms with Gasteiger partial charge in [-0.1, -0.05) is 12.1 Å². The Bertz CT molecular complexity index is 840. The molecule has 2 aliphatic rings. The number of nitrogens with one attached hydrogen (secondary N) is 1. The quantitative estimate of drug-likeness (QED) is 0.915. The molecule has 1 atom stereocenters. The highest BCUT2D eigenvalue weighted by molar-refractivity contribution is 5.98. The van der Waals surface area contributed by atoms with Crippen LogP contribution in [0, 0.1) is 5.82 Å². The number of nitrogens with zero attached hydrogens (tertiary/aromatic N) is 1. The van der Waals surface area contributed by atoms with E-state index in [9.17, 15) is 9.18 Å². The summed E-state index contributed by atoms with van der Waals surface area (Å²) >= 11 is 0. The van der Waals surface area contributed by atoms with Gasteiger partial charge in [-0.15, -0.1) is 0 Å². The summed E-state index contributed by atoms with van der Waals surface area (Å²) < 4.78 is 24.8. The molecule has 0 aliphatic carbocycles. The van der Waals surface area contributed by atoms with E-state index >= 15 is 0 Å². The van der Waals surface area contributed by atoms with Crippen molar-refractivity contribution in [2.75, 3.05) is 26.8 Å². The van der Waals surface area contributed by atoms with Crippen LogP contribution in [0.3, 0.4) is 0 Å². The van der Waals surface area contributed by atoms with Crippen LogP contribution in [-0.4, -0.2) is 37.6 Å². The van der Waals surface area contributed by atoms with Gasteiger partial charge >= 0.3 is 0 Å². The molecule has 2 aliphatic heterocycles. The van der Waals surface area contributed by atoms with Crippen molar-refractivity contribution in [3.63, 3.8) is 0 Å². The zero-order valence-electron chi connectivity index (χ0n) is 14.6. The monoisotopic (exact) mass is 356 g/mol. The van der Waals surface area contributed by atoms with E-state index in [4.69, 9.17) is 9.47 Å². The SMILES string of the molecule is COc1cc(F)cc(CN2CCOC(c3ccc4c(c3)CNC4=O)C2)c1. The molecule has 0 radical (unpaired) electrons. The van der Waals surface area contributed by atoms with Gasteiger partial charge in [0.15, 0.2) is 0 Å². The van der Waals surface area contributed by atoms with Gasteiger partial charge in [-0.2, -0.15) is 0 Å². The summed E-state index contributed by atoms with van der Waals surface area (Å²) in [6.45, 7) is 3.34. The minimum absolute atomic E-state index is 0.0159. The maximum atomic E-state index is 13.7. The number of amides is 1. The predicted molar refractivity (Wildman–Crippen MR) is 94.5 cm³/mol. The molecule has 0 spiro atoms. The minimum Gasteiger partial charge on any atom is -0.497 e. The van der Waals surface area contributed by atoms with Crippen molar-refractivity contribution in [1.82, 2.24) is 10.2 Å². The standard InChI is InChI=1S/C20H21FN2O3/c1-25-17-7-13(6-16(21)9-17)11-23-4-5-26-19(12-23)14-2-3-18-15(8-14)10-22-20(18)24/h2-3,6-9,19H,4-5,10-12H2,1H3,(H,22,24). The van der Waals surface area contributed by atoms with Crippen LogP contribution in [0.25, 0.3) is 0 Å². The Hall–Kier alpha value is -2.44. The van der Waals surface area contributed by atoms with Crippen molar-refractivity contribution in [3.05, 3.63) is 64.5 Å². The lowest BCUT2D eigenvalue weighted by molar-refractivity contribution is -0.0329. The van der Waals surface area contributed by atoms with E-state index in [-0.39, 0.29) is 17.8 Å². The molecule has 2 aromatic carbocycles. The lowest BCUT2D eigenvalue weighted by Crippen LogP contribution is -2.37. The molecule has 0 saturated carbocycles. The molecule has 1 saturated heterocycles. The van der Waals surface area contributed by atoms with E-state index < -0.39 is 0 Å². The Morgan fingerprint density at radius 1 is 1.31 bits per heavy atom. The van der Waals surface area contributed by atoms with Gasteiger partial charge in [0.2, 0.25) is 0 Å². The molecule has 1 fully saturated rings. The van der Waals surface area contributed by atoms with Crippen LogP contribution in [0.1, 0.15) is 33.2 Å². The van der Waals surface area contributed by atoms with Crippen molar-refractivity contribution in [1.29, 1.82) is 0 Å². The number of morpholine rings is 1. The number of halogens is 1. The predicted octanol–water partition coefficient (Wildman–Crippen LogP) is 2.65. The molecule has 5 nitrogen and oxygen atoms in total. The Labute approximate surface area is 151 Å². The maximum absolute atomic E-state index is 13.7. The third-order valence-electron chi connectivity index (χ3n) is 4.91. The molecule has 136 valence electrons. The summed E-state index contributed by atoms with van der Waals surface area (Å²) in [5, 5.41) is 2.84. The highest BCUT2D eigenvalue weighted by Crippen LogP contribution is 2.27. The van der Waals surface area contributed by atoms with E-state index in [0.29, 0.717) is 25.4 Å². The molecular formula is C20H21FN2O3. The second kappa shape index (κ2) is 7.05. The lowest BCUT2D eigenvalue weighted by atomic mass is 10.0. The minimum atomic E-state index is -0.292. The highest BCUT2D eigenvalue weighted by Gasteiger charge is 2.25. The van der Waals surface area contributed by atoms with Gasteiger partial charge in [0.1, 0.15) is 11.6 Å². The van der Waals surface area contributed by atoms with Gasteiger partial charge in [0, 0.05) is 37.8 Å². The number of methoxy groups -OCH3 is 1. The summed E-state index contributed by atoms with van der Waals surface area (Å²) in [7, 11) is 1.54. The normalized spacial score (nSPS) is 19.9. The fourth-order valence-electron chi connectivity index (χ4n) is 3.59. The molecule has 0 bridgehead atoms. The van der Waals surface area contributed by atoms with Gasteiger partial charge in [-0.3, -0.25) is 9.69 Å². The highest BCUT2D eigenvalue weighted by atomic mass is 19.1. The van der Waals surface area contributed by atoms with Gasteiger partial charge in [-0.25, -0.2) is 4.39 Å². The first-order chi connectivity index (χ1) is 12.6. The summed E-state index contributed by atoms with van der Waals surface area (Å²) in [6, 6.07) is 10.7. The van der Waals surface area contributed by atoms with Gasteiger partial charge in [-0.05, 0) is 34.9 Å². The van der Waals surface area contributed by atoms with Gasteiger partial charge in [0.25, 0.3) is 5.91 Å². The third kappa shape index (κ3) is 3.43. The zero-order valence-corrected chi connectivity index (χ0v) is 14.6. The Kier molecular flexibility index (Phi) is 4.61. The van der Waals surface area contributed by atoms with Crippen molar-refractivity contribution >= 4 is 5.91 Å². The molecule has 2 heterocycles. The molecule has 26 heavy (non-hydrogen) atoms. The smallest absolute Gasteiger partial charge is 0.251 e. The second-order valence-electron chi connectivity index (χ2n) is 6.69. The average Bonchev–Trinajstić information content (AvgIpc) is 3.02. The number of rotatable bonds is 4. The first kappa shape index (κ1) is 17.0. The summed E-state index contributed by atoms with van der Waals surface area (Å²) in [6.07, 6.45) is -0.0554. The van der Waals surface area contributed by atoms with Crippen molar-refractivity contribution in [2.45, 2.75) is 19.2 Å². The van der Waals surface area contributed by atoms with Crippen LogP contribution >= 0.6 is 0 Å². The Balaban J connectivity index is 1.48. The molecule has 4 rings (SSSR count). The largest absolute Gasteiger partial charge is 0.497 e. The van der Waals surface area contributed by atoms with Crippen LogP contribution in [0.15, 0.2) is 36.4 Å². The van der Waals surface area contributed by atoms with Crippen molar-refractivity contribution < 1.29 is 18.7 Å². The van der Waals surface area contributed by atoms with Crippen molar-refractivity contribution in [2.24, 2.45) is 0 Å². The molecule has 2 aromatic rings. The summed E-state index contributed by atoms with van der Waals surface area (Å²) in [5.74, 6) is 0.221. The van der Waals surface area contributed by atoms with E-state index in [2.05, 4.69) is 10.2 Å². The summed E-state index contributed by atoms with van der Waals surface area (Å²) in [4.78, 5) is 13.9. The maximum Gasteiger partial charge on any atom is 0.251 e. The van der Waals surface area contributed by atoms with E-state index in [0.717, 1.165) is 35.3 Å². The fraction of sp³-hybridized carbons (Fsp3) is 0.350. The second-order valence-corrected chi connectivity index (χ2v) is 6.69. The van der Waals surface area contributed by atoms with Gasteiger partial charge < -0.3 is 14.8 Å². The third-order valence-corrected chi connectivity index (χ3v) is 4.91. The van der Waals surface area contributed by atoms with Gasteiger partial charge in [0.05, 0.1) is 19.8 Å². The lowest BCUT2D eigenvalue weighted by Gasteiger charge is -2.33. The Morgan fingerprint density at radius 2 is 2.19 bits per heavy atom. The number of fused-ring (bicyclic) bond motifs is 1. The molecule has 1 amide bonds. The van der Waals surface area contributed by atoms with Crippen LogP contribution in [-0.2, 0) is 17.8 Å². The number of benzene rings is 2. The fourth-order valence-corrected chi connectivity index (χ4v) is 3.59. The molecule has 1 N–H and O–H groups in total. The first-order valence-electron chi connectivity index (χ1n) is 8.71. The zero-order chi connectivity index (χ0) is 18.1. The van der Waals surface area contributed by atoms with Crippen LogP contribution < -0.4 is 10.1 Å². The number of ether oxygens (including phenoxy) is 2. The number of carbonyl (C=O) groups excluding carboxylic acids is 1. The molecule has 0 aromatic heterocycles. The Morgan fingerprint density at radius 3 is 3.04 bits per heavy atom.